The summed E-state index contributed by atoms with van der Waals surface area (Å²) in [7, 11) is 0. The van der Waals surface area contributed by atoms with E-state index in [0.717, 1.165) is 18.4 Å². The minimum absolute atomic E-state index is 0.129. The summed E-state index contributed by atoms with van der Waals surface area (Å²) in [5.41, 5.74) is 7.29. The number of nitrogens with zero attached hydrogens (tertiary/aromatic N) is 2. The maximum absolute atomic E-state index is 13.4. The second-order valence-electron chi connectivity index (χ2n) is 4.82. The third-order valence-electron chi connectivity index (χ3n) is 2.65. The zero-order chi connectivity index (χ0) is 14.8. The number of aliphatic imine (C=N–C) groups is 2. The topological polar surface area (TPSA) is 50.7 Å². The monoisotopic (exact) mass is 267 g/mol. The number of rotatable bonds is 7. The van der Waals surface area contributed by atoms with E-state index in [1.54, 1.807) is 0 Å². The normalized spacial score (nSPS) is 14.8. The first-order valence-electron chi connectivity index (χ1n) is 6.84. The fourth-order valence-electron chi connectivity index (χ4n) is 1.24. The Hall–Kier alpha value is -1.45. The molecule has 0 radical (unpaired) electrons. The maximum atomic E-state index is 13.4. The predicted molar refractivity (Wildman–Crippen MR) is 82.0 cm³/mol. The molecule has 1 unspecified atom stereocenters. The summed E-state index contributed by atoms with van der Waals surface area (Å²) in [6, 6.07) is 0. The summed E-state index contributed by atoms with van der Waals surface area (Å²) >= 11 is 0. The van der Waals surface area contributed by atoms with Crippen LogP contribution in [0.2, 0.25) is 0 Å². The summed E-state index contributed by atoms with van der Waals surface area (Å²) in [5, 5.41) is 0. The molecule has 0 saturated heterocycles. The van der Waals surface area contributed by atoms with Gasteiger partial charge in [0.15, 0.2) is 5.84 Å². The molecule has 0 aromatic heterocycles. The van der Waals surface area contributed by atoms with Crippen molar-refractivity contribution >= 4 is 12.1 Å². The summed E-state index contributed by atoms with van der Waals surface area (Å²) in [5.74, 6) is -0.0520. The number of unbranched alkanes of at least 4 members (excludes halogenated alkanes) is 1. The molecule has 0 fully saturated rings. The highest BCUT2D eigenvalue weighted by Crippen LogP contribution is 2.10. The van der Waals surface area contributed by atoms with E-state index >= 15 is 0 Å². The smallest absolute Gasteiger partial charge is 0.210 e. The first-order valence-corrected chi connectivity index (χ1v) is 6.84. The Morgan fingerprint density at radius 3 is 2.42 bits per heavy atom. The fourth-order valence-corrected chi connectivity index (χ4v) is 1.24. The third-order valence-corrected chi connectivity index (χ3v) is 2.65. The van der Waals surface area contributed by atoms with Crippen LogP contribution in [0.4, 0.5) is 4.39 Å². The first-order chi connectivity index (χ1) is 8.92. The highest BCUT2D eigenvalue weighted by atomic mass is 19.1. The van der Waals surface area contributed by atoms with Gasteiger partial charge in [0.2, 0.25) is 5.95 Å². The lowest BCUT2D eigenvalue weighted by Gasteiger charge is -2.05. The summed E-state index contributed by atoms with van der Waals surface area (Å²) < 4.78 is 13.4. The number of allylic oxidation sites excluding steroid dienone is 2. The van der Waals surface area contributed by atoms with Crippen LogP contribution in [-0.4, -0.2) is 12.1 Å². The second-order valence-corrected chi connectivity index (χ2v) is 4.82. The van der Waals surface area contributed by atoms with E-state index in [9.17, 15) is 4.39 Å². The van der Waals surface area contributed by atoms with Gasteiger partial charge in [0.25, 0.3) is 0 Å². The van der Waals surface area contributed by atoms with Crippen molar-refractivity contribution in [2.45, 2.75) is 53.9 Å². The third kappa shape index (κ3) is 7.54. The molecule has 108 valence electrons. The van der Waals surface area contributed by atoms with E-state index in [-0.39, 0.29) is 5.84 Å². The van der Waals surface area contributed by atoms with Crippen molar-refractivity contribution in [2.24, 2.45) is 21.6 Å². The minimum Gasteiger partial charge on any atom is -0.382 e. The molecule has 0 aromatic rings. The Balaban J connectivity index is 5.07. The Bertz CT molecular complexity index is 388. The van der Waals surface area contributed by atoms with Crippen LogP contribution >= 0.6 is 0 Å². The van der Waals surface area contributed by atoms with Crippen molar-refractivity contribution in [2.75, 3.05) is 0 Å². The lowest BCUT2D eigenvalue weighted by molar-refractivity contribution is 0.619. The molecule has 0 bridgehead atoms. The molecule has 0 rings (SSSR count). The Morgan fingerprint density at radius 2 is 1.95 bits per heavy atom. The van der Waals surface area contributed by atoms with E-state index in [1.165, 1.54) is 6.08 Å². The molecule has 4 heteroatoms. The van der Waals surface area contributed by atoms with Gasteiger partial charge in [0.05, 0.1) is 0 Å². The maximum Gasteiger partial charge on any atom is 0.210 e. The van der Waals surface area contributed by atoms with E-state index in [2.05, 4.69) is 23.8 Å². The SMILES string of the molecule is CCC/C=C(F)/N=C(/N)C(/N=C\C(C)CC)=C(C)C. The molecule has 0 aliphatic rings. The molecule has 1 atom stereocenters. The number of hydrogen-bond donors (Lipinski definition) is 1. The van der Waals surface area contributed by atoms with Crippen LogP contribution in [-0.2, 0) is 0 Å². The van der Waals surface area contributed by atoms with Crippen LogP contribution in [0.1, 0.15) is 53.9 Å². The van der Waals surface area contributed by atoms with Gasteiger partial charge in [-0.3, -0.25) is 4.99 Å². The zero-order valence-electron chi connectivity index (χ0n) is 12.7. The number of hydrogen-bond acceptors (Lipinski definition) is 2. The lowest BCUT2D eigenvalue weighted by atomic mass is 10.1. The highest BCUT2D eigenvalue weighted by molar-refractivity contribution is 5.99. The standard InChI is InChI=1S/C15H26FN3/c1-6-8-9-13(16)19-15(17)14(11(3)4)18-10-12(5)7-2/h9-10,12H,6-8H2,1-5H3,(H2,17,19)/b13-9+,18-10-. The molecule has 0 aliphatic heterocycles. The number of nitrogens with two attached hydrogens (primary N) is 1. The van der Waals surface area contributed by atoms with Crippen LogP contribution < -0.4 is 5.73 Å². The van der Waals surface area contributed by atoms with Crippen molar-refractivity contribution < 1.29 is 4.39 Å². The van der Waals surface area contributed by atoms with Gasteiger partial charge in [0, 0.05) is 6.21 Å². The molecule has 0 amide bonds. The van der Waals surface area contributed by atoms with E-state index in [4.69, 9.17) is 5.73 Å². The fraction of sp³-hybridized carbons (Fsp3) is 0.600. The van der Waals surface area contributed by atoms with Gasteiger partial charge >= 0.3 is 0 Å². The second kappa shape index (κ2) is 9.48. The highest BCUT2D eigenvalue weighted by Gasteiger charge is 2.05. The minimum atomic E-state index is -0.545. The van der Waals surface area contributed by atoms with Crippen molar-refractivity contribution in [3.8, 4) is 0 Å². The van der Waals surface area contributed by atoms with Crippen LogP contribution in [0.5, 0.6) is 0 Å². The van der Waals surface area contributed by atoms with Crippen molar-refractivity contribution in [3.63, 3.8) is 0 Å². The Morgan fingerprint density at radius 1 is 1.32 bits per heavy atom. The summed E-state index contributed by atoms with van der Waals surface area (Å²) in [6.07, 6.45) is 5.81. The summed E-state index contributed by atoms with van der Waals surface area (Å²) in [4.78, 5) is 8.09. The molecule has 19 heavy (non-hydrogen) atoms. The molecular formula is C15H26FN3. The number of halogens is 1. The molecule has 0 heterocycles. The lowest BCUT2D eigenvalue weighted by Crippen LogP contribution is -2.15. The van der Waals surface area contributed by atoms with Crippen LogP contribution in [0.25, 0.3) is 0 Å². The number of amidine groups is 1. The largest absolute Gasteiger partial charge is 0.382 e. The molecule has 0 aliphatic carbocycles. The average molecular weight is 267 g/mol. The van der Waals surface area contributed by atoms with Gasteiger partial charge in [-0.1, -0.05) is 27.2 Å². The molecular weight excluding hydrogens is 241 g/mol. The van der Waals surface area contributed by atoms with Gasteiger partial charge in [-0.05, 0) is 44.3 Å². The average Bonchev–Trinajstić information content (AvgIpc) is 2.35. The van der Waals surface area contributed by atoms with E-state index < -0.39 is 5.95 Å². The van der Waals surface area contributed by atoms with Crippen molar-refractivity contribution in [3.05, 3.63) is 23.3 Å². The molecule has 2 N–H and O–H groups in total. The zero-order valence-corrected chi connectivity index (χ0v) is 12.7. The summed E-state index contributed by atoms with van der Waals surface area (Å²) in [6.45, 7) is 9.91. The van der Waals surface area contributed by atoms with Crippen molar-refractivity contribution in [1.82, 2.24) is 0 Å². The Kier molecular flexibility index (Phi) is 8.75. The molecule has 0 saturated carbocycles. The van der Waals surface area contributed by atoms with E-state index in [0.29, 0.717) is 18.0 Å². The first kappa shape index (κ1) is 17.6. The van der Waals surface area contributed by atoms with Gasteiger partial charge < -0.3 is 5.73 Å². The Labute approximate surface area is 116 Å². The van der Waals surface area contributed by atoms with Crippen LogP contribution in [0.15, 0.2) is 33.3 Å². The van der Waals surface area contributed by atoms with Crippen LogP contribution in [0.3, 0.4) is 0 Å². The van der Waals surface area contributed by atoms with Gasteiger partial charge in [0.1, 0.15) is 5.70 Å². The molecule has 3 nitrogen and oxygen atoms in total. The van der Waals surface area contributed by atoms with Crippen molar-refractivity contribution in [1.29, 1.82) is 0 Å². The molecule has 0 spiro atoms. The predicted octanol–water partition coefficient (Wildman–Crippen LogP) is 4.37. The van der Waals surface area contributed by atoms with Crippen LogP contribution in [0, 0.1) is 5.92 Å². The van der Waals surface area contributed by atoms with E-state index in [1.807, 2.05) is 27.0 Å². The quantitative estimate of drug-likeness (QED) is 0.416. The van der Waals surface area contributed by atoms with Gasteiger partial charge in [-0.2, -0.15) is 4.39 Å². The van der Waals surface area contributed by atoms with Gasteiger partial charge in [-0.15, -0.1) is 0 Å². The van der Waals surface area contributed by atoms with Gasteiger partial charge in [-0.25, -0.2) is 4.99 Å². The molecule has 0 aromatic carbocycles.